The summed E-state index contributed by atoms with van der Waals surface area (Å²) in [6, 6.07) is 16.0. The van der Waals surface area contributed by atoms with E-state index in [4.69, 9.17) is 14.2 Å². The summed E-state index contributed by atoms with van der Waals surface area (Å²) < 4.78 is 15.7. The van der Waals surface area contributed by atoms with E-state index in [0.717, 1.165) is 11.1 Å². The van der Waals surface area contributed by atoms with Crippen LogP contribution in [0.15, 0.2) is 54.6 Å². The Bertz CT molecular complexity index is 1120. The van der Waals surface area contributed by atoms with Crippen molar-refractivity contribution in [3.05, 3.63) is 60.2 Å². The second-order valence-electron chi connectivity index (χ2n) is 10.8. The lowest BCUT2D eigenvalue weighted by atomic mass is 9.73. The van der Waals surface area contributed by atoms with Gasteiger partial charge >= 0.3 is 18.0 Å². The maximum atomic E-state index is 13.7. The van der Waals surface area contributed by atoms with Crippen LogP contribution in [0.3, 0.4) is 0 Å². The Morgan fingerprint density at radius 3 is 1.86 bits per heavy atom. The zero-order valence-electron chi connectivity index (χ0n) is 21.7. The molecule has 1 heterocycles. The fraction of sp³-hybridized carbons (Fsp3) is 0.429. The first-order chi connectivity index (χ1) is 16.6. The van der Waals surface area contributed by atoms with Crippen molar-refractivity contribution in [2.45, 2.75) is 71.3 Å². The Labute approximate surface area is 211 Å². The Morgan fingerprint density at radius 2 is 1.36 bits per heavy atom. The highest BCUT2D eigenvalue weighted by Gasteiger charge is 2.52. The third-order valence-electron chi connectivity index (χ3n) is 5.85. The third-order valence-corrected chi connectivity index (χ3v) is 5.85. The van der Waals surface area contributed by atoms with E-state index in [1.807, 2.05) is 54.6 Å². The van der Waals surface area contributed by atoms with Crippen LogP contribution in [0.25, 0.3) is 11.1 Å². The molecule has 8 nitrogen and oxygen atoms in total. The summed E-state index contributed by atoms with van der Waals surface area (Å²) in [5.74, 6) is -6.20. The minimum atomic E-state index is -1.83. The van der Waals surface area contributed by atoms with Crippen LogP contribution in [0.5, 0.6) is 0 Å². The van der Waals surface area contributed by atoms with E-state index in [-0.39, 0.29) is 0 Å². The molecule has 1 fully saturated rings. The highest BCUT2D eigenvalue weighted by Crippen LogP contribution is 2.33. The van der Waals surface area contributed by atoms with Crippen molar-refractivity contribution in [2.75, 3.05) is 0 Å². The van der Waals surface area contributed by atoms with Crippen molar-refractivity contribution in [2.24, 2.45) is 5.92 Å². The maximum Gasteiger partial charge on any atom is 0.408 e. The zero-order chi connectivity index (χ0) is 26.9. The number of carbonyl (C=O) groups is 4. The van der Waals surface area contributed by atoms with E-state index in [2.05, 4.69) is 5.32 Å². The Hall–Kier alpha value is -3.68. The average molecular weight is 496 g/mol. The largest absolute Gasteiger partial charge is 0.444 e. The molecule has 3 rings (SSSR count). The number of carbonyl (C=O) groups excluding carboxylic acids is 4. The predicted octanol–water partition coefficient (Wildman–Crippen LogP) is 4.55. The van der Waals surface area contributed by atoms with E-state index >= 15 is 0 Å². The van der Waals surface area contributed by atoms with Gasteiger partial charge in [-0.2, -0.15) is 0 Å². The zero-order valence-corrected chi connectivity index (χ0v) is 21.7. The third kappa shape index (κ3) is 6.11. The molecular weight excluding hydrogens is 462 g/mol. The Kier molecular flexibility index (Phi) is 7.30. The van der Waals surface area contributed by atoms with Gasteiger partial charge in [-0.15, -0.1) is 0 Å². The predicted molar refractivity (Wildman–Crippen MR) is 133 cm³/mol. The number of rotatable bonds is 6. The average Bonchev–Trinajstić information content (AvgIpc) is 2.75. The molecule has 192 valence electrons. The van der Waals surface area contributed by atoms with Gasteiger partial charge in [0, 0.05) is 19.3 Å². The van der Waals surface area contributed by atoms with Gasteiger partial charge in [0.2, 0.25) is 5.92 Å². The van der Waals surface area contributed by atoms with Gasteiger partial charge in [0.05, 0.1) is 0 Å². The van der Waals surface area contributed by atoms with Crippen LogP contribution < -0.4 is 5.32 Å². The smallest absolute Gasteiger partial charge is 0.408 e. The first-order valence-corrected chi connectivity index (χ1v) is 11.8. The van der Waals surface area contributed by atoms with Crippen molar-refractivity contribution in [1.82, 2.24) is 5.32 Å². The first kappa shape index (κ1) is 26.9. The number of hydrogen-bond acceptors (Lipinski definition) is 7. The van der Waals surface area contributed by atoms with Crippen molar-refractivity contribution in [1.29, 1.82) is 0 Å². The molecule has 0 bridgehead atoms. The van der Waals surface area contributed by atoms with Gasteiger partial charge in [0.15, 0.2) is 5.78 Å². The van der Waals surface area contributed by atoms with Gasteiger partial charge in [0.25, 0.3) is 5.79 Å². The number of amides is 1. The molecule has 1 atom stereocenters. The van der Waals surface area contributed by atoms with Gasteiger partial charge in [-0.3, -0.25) is 14.4 Å². The lowest BCUT2D eigenvalue weighted by Crippen LogP contribution is -2.59. The number of nitrogens with one attached hydrogen (secondary N) is 1. The van der Waals surface area contributed by atoms with Gasteiger partial charge in [0.1, 0.15) is 11.6 Å². The summed E-state index contributed by atoms with van der Waals surface area (Å²) in [5.41, 5.74) is 0.828. The molecule has 0 saturated carbocycles. The van der Waals surface area contributed by atoms with Crippen LogP contribution in [0.1, 0.15) is 54.0 Å². The number of esters is 2. The second kappa shape index (κ2) is 9.76. The molecule has 0 aliphatic carbocycles. The molecule has 0 unspecified atom stereocenters. The maximum absolute atomic E-state index is 13.7. The highest BCUT2D eigenvalue weighted by molar-refractivity contribution is 6.18. The van der Waals surface area contributed by atoms with Crippen molar-refractivity contribution >= 4 is 23.8 Å². The number of ether oxygens (including phenoxy) is 3. The summed E-state index contributed by atoms with van der Waals surface area (Å²) in [6.07, 6.45) is -0.854. The standard InChI is InChI=1S/C28H33NO7/c1-26(2,3)36-25(33)29-22(21(30)20-23(31)34-28(6,7)35-24(20)32)27(4,5)19-15-13-18(14-16-19)17-11-9-8-10-12-17/h8-16,20,22H,1-7H3,(H,29,33)/t22-/m0/s1. The van der Waals surface area contributed by atoms with Crippen LogP contribution in [0.4, 0.5) is 4.79 Å². The molecule has 36 heavy (non-hydrogen) atoms. The molecule has 1 aliphatic heterocycles. The van der Waals surface area contributed by atoms with Gasteiger partial charge in [-0.05, 0) is 37.5 Å². The molecule has 2 aromatic carbocycles. The number of hydrogen-bond donors (Lipinski definition) is 1. The molecule has 0 aromatic heterocycles. The number of Topliss-reactive ketones (excluding diaryl/α,β-unsaturated/α-hetero) is 1. The SMILES string of the molecule is CC(C)(C)OC(=O)N[C@@H](C(=O)C1C(=O)OC(C)(C)OC1=O)C(C)(C)c1ccc(-c2ccccc2)cc1. The topological polar surface area (TPSA) is 108 Å². The van der Waals surface area contributed by atoms with Crippen LogP contribution in [-0.4, -0.2) is 41.2 Å². The Morgan fingerprint density at radius 1 is 0.861 bits per heavy atom. The van der Waals surface area contributed by atoms with E-state index in [1.54, 1.807) is 34.6 Å². The lowest BCUT2D eigenvalue weighted by molar-refractivity contribution is -0.238. The van der Waals surface area contributed by atoms with Crippen LogP contribution in [0.2, 0.25) is 0 Å². The lowest BCUT2D eigenvalue weighted by Gasteiger charge is -2.38. The van der Waals surface area contributed by atoms with Crippen molar-refractivity contribution in [3.8, 4) is 11.1 Å². The monoisotopic (exact) mass is 495 g/mol. The van der Waals surface area contributed by atoms with Crippen molar-refractivity contribution < 1.29 is 33.4 Å². The van der Waals surface area contributed by atoms with Crippen LogP contribution in [-0.2, 0) is 34.0 Å². The van der Waals surface area contributed by atoms with E-state index in [1.165, 1.54) is 13.8 Å². The minimum absolute atomic E-state index is 0.703. The molecule has 2 aromatic rings. The summed E-state index contributed by atoms with van der Waals surface area (Å²) >= 11 is 0. The molecule has 1 saturated heterocycles. The van der Waals surface area contributed by atoms with Gasteiger partial charge < -0.3 is 19.5 Å². The van der Waals surface area contributed by atoms with Crippen LogP contribution in [0, 0.1) is 5.92 Å². The molecular formula is C28H33NO7. The number of benzene rings is 2. The fourth-order valence-electron chi connectivity index (χ4n) is 4.04. The fourth-order valence-corrected chi connectivity index (χ4v) is 4.04. The molecule has 1 N–H and O–H groups in total. The van der Waals surface area contributed by atoms with E-state index in [0.29, 0.717) is 5.56 Å². The molecule has 8 heteroatoms. The minimum Gasteiger partial charge on any atom is -0.444 e. The number of ketones is 1. The van der Waals surface area contributed by atoms with E-state index in [9.17, 15) is 19.2 Å². The first-order valence-electron chi connectivity index (χ1n) is 11.8. The highest BCUT2D eigenvalue weighted by atomic mass is 16.7. The second-order valence-corrected chi connectivity index (χ2v) is 10.8. The quantitative estimate of drug-likeness (QED) is 0.463. The summed E-state index contributed by atoms with van der Waals surface area (Å²) in [6.45, 7) is 11.4. The normalized spacial score (nSPS) is 17.0. The molecule has 1 aliphatic rings. The van der Waals surface area contributed by atoms with Gasteiger partial charge in [-0.1, -0.05) is 68.4 Å². The summed E-state index contributed by atoms with van der Waals surface area (Å²) in [7, 11) is 0. The molecule has 0 radical (unpaired) electrons. The van der Waals surface area contributed by atoms with Crippen molar-refractivity contribution in [3.63, 3.8) is 0 Å². The Balaban J connectivity index is 1.97. The summed E-state index contributed by atoms with van der Waals surface area (Å²) in [4.78, 5) is 51.7. The van der Waals surface area contributed by atoms with Crippen LogP contribution >= 0.6 is 0 Å². The molecule has 0 spiro atoms. The number of cyclic esters (lactones) is 2. The van der Waals surface area contributed by atoms with E-state index < -0.39 is 52.6 Å². The summed E-state index contributed by atoms with van der Waals surface area (Å²) in [5, 5.41) is 2.59. The number of alkyl carbamates (subject to hydrolysis) is 1. The van der Waals surface area contributed by atoms with Gasteiger partial charge in [-0.25, -0.2) is 4.79 Å². The molecule has 1 amide bonds.